The van der Waals surface area contributed by atoms with E-state index in [0.29, 0.717) is 0 Å². The largest absolute Gasteiger partial charge is 0.496 e. The molecule has 0 spiro atoms. The Morgan fingerprint density at radius 2 is 2.00 bits per heavy atom. The quantitative estimate of drug-likeness (QED) is 0.706. The van der Waals surface area contributed by atoms with E-state index in [0.717, 1.165) is 27.2 Å². The van der Waals surface area contributed by atoms with Gasteiger partial charge in [0.25, 0.3) is 0 Å². The molecule has 0 aliphatic heterocycles. The second kappa shape index (κ2) is 4.63. The van der Waals surface area contributed by atoms with Crippen molar-refractivity contribution in [2.45, 2.75) is 13.8 Å². The monoisotopic (exact) mass is 270 g/mol. The van der Waals surface area contributed by atoms with Gasteiger partial charge in [-0.3, -0.25) is 0 Å². The van der Waals surface area contributed by atoms with Crippen molar-refractivity contribution in [3.8, 4) is 17.0 Å². The Hall–Kier alpha value is -1.94. The first-order valence-corrected chi connectivity index (χ1v) is 6.92. The highest BCUT2D eigenvalue weighted by Crippen LogP contribution is 2.36. The van der Waals surface area contributed by atoms with Gasteiger partial charge in [-0.15, -0.1) is 11.3 Å². The van der Waals surface area contributed by atoms with Crippen LogP contribution < -0.4 is 4.74 Å². The molecule has 4 heteroatoms. The molecule has 0 aliphatic carbocycles. The smallest absolute Gasteiger partial charge is 0.128 e. The third kappa shape index (κ3) is 1.98. The number of thiophene rings is 1. The van der Waals surface area contributed by atoms with Crippen molar-refractivity contribution >= 4 is 21.6 Å². The van der Waals surface area contributed by atoms with Crippen molar-refractivity contribution in [3.05, 3.63) is 41.0 Å². The molecule has 0 radical (unpaired) electrons. The zero-order valence-corrected chi connectivity index (χ0v) is 11.9. The van der Waals surface area contributed by atoms with E-state index in [9.17, 15) is 0 Å². The molecular weight excluding hydrogens is 256 g/mol. The van der Waals surface area contributed by atoms with Crippen LogP contribution in [-0.2, 0) is 0 Å². The Morgan fingerprint density at radius 1 is 1.16 bits per heavy atom. The summed E-state index contributed by atoms with van der Waals surface area (Å²) in [6, 6.07) is 6.13. The van der Waals surface area contributed by atoms with Gasteiger partial charge in [0.05, 0.1) is 23.0 Å². The van der Waals surface area contributed by atoms with Crippen molar-refractivity contribution in [2.75, 3.05) is 7.11 Å². The van der Waals surface area contributed by atoms with Gasteiger partial charge in [-0.05, 0) is 36.9 Å². The Bertz CT molecular complexity index is 749. The Morgan fingerprint density at radius 3 is 2.79 bits per heavy atom. The van der Waals surface area contributed by atoms with Crippen LogP contribution in [0.4, 0.5) is 0 Å². The number of ether oxygens (including phenoxy) is 1. The maximum atomic E-state index is 5.45. The van der Waals surface area contributed by atoms with Crippen LogP contribution in [0.2, 0.25) is 0 Å². The van der Waals surface area contributed by atoms with Crippen molar-refractivity contribution in [1.82, 2.24) is 9.97 Å². The first-order valence-electron chi connectivity index (χ1n) is 6.04. The number of aryl methyl sites for hydroxylation is 2. The Kier molecular flexibility index (Phi) is 2.95. The lowest BCUT2D eigenvalue weighted by Crippen LogP contribution is -1.92. The third-order valence-corrected chi connectivity index (χ3v) is 4.23. The summed E-state index contributed by atoms with van der Waals surface area (Å²) in [5.41, 5.74) is 5.38. The molecule has 0 saturated heterocycles. The molecule has 0 aliphatic rings. The van der Waals surface area contributed by atoms with Gasteiger partial charge in [0.2, 0.25) is 0 Å². The number of nitrogens with zero attached hydrogens (tertiary/aromatic N) is 2. The highest BCUT2D eigenvalue weighted by atomic mass is 32.1. The maximum absolute atomic E-state index is 5.45. The molecule has 0 N–H and O–H groups in total. The minimum Gasteiger partial charge on any atom is -0.496 e. The predicted molar refractivity (Wildman–Crippen MR) is 78.9 cm³/mol. The fourth-order valence-electron chi connectivity index (χ4n) is 2.17. The van der Waals surface area contributed by atoms with Crippen molar-refractivity contribution < 1.29 is 4.74 Å². The van der Waals surface area contributed by atoms with Gasteiger partial charge in [-0.25, -0.2) is 9.97 Å². The van der Waals surface area contributed by atoms with Gasteiger partial charge in [-0.2, -0.15) is 0 Å². The molecule has 0 saturated carbocycles. The van der Waals surface area contributed by atoms with Crippen LogP contribution in [0.25, 0.3) is 21.5 Å². The topological polar surface area (TPSA) is 35.0 Å². The second-order valence-electron chi connectivity index (χ2n) is 4.52. The Labute approximate surface area is 115 Å². The molecule has 19 heavy (non-hydrogen) atoms. The third-order valence-electron chi connectivity index (χ3n) is 3.14. The van der Waals surface area contributed by atoms with Gasteiger partial charge in [0.15, 0.2) is 0 Å². The Balaban J connectivity index is 2.33. The fourth-order valence-corrected chi connectivity index (χ4v) is 3.17. The summed E-state index contributed by atoms with van der Waals surface area (Å²) in [5, 5.41) is 2.12. The summed E-state index contributed by atoms with van der Waals surface area (Å²) in [5.74, 6) is 0.844. The average Bonchev–Trinajstić information content (AvgIpc) is 2.81. The van der Waals surface area contributed by atoms with Crippen molar-refractivity contribution in [1.29, 1.82) is 0 Å². The molecule has 0 bridgehead atoms. The van der Waals surface area contributed by atoms with Gasteiger partial charge in [-0.1, -0.05) is 11.6 Å². The first-order chi connectivity index (χ1) is 9.20. The van der Waals surface area contributed by atoms with E-state index in [1.54, 1.807) is 24.8 Å². The number of hydrogen-bond donors (Lipinski definition) is 0. The summed E-state index contributed by atoms with van der Waals surface area (Å²) >= 11 is 1.68. The van der Waals surface area contributed by atoms with Gasteiger partial charge in [0, 0.05) is 5.56 Å². The van der Waals surface area contributed by atoms with E-state index in [-0.39, 0.29) is 0 Å². The van der Waals surface area contributed by atoms with Crippen LogP contribution in [0.5, 0.6) is 5.75 Å². The standard InChI is InChI=1S/C15H14N2OS/c1-9-4-5-12(18-3)11(6-9)14-15-13(16-8-17-14)10(2)7-19-15/h4-8H,1-3H3. The minimum absolute atomic E-state index is 0.844. The fraction of sp³-hybridized carbons (Fsp3) is 0.200. The molecule has 3 aromatic rings. The van der Waals surface area contributed by atoms with Crippen LogP contribution in [0.3, 0.4) is 0 Å². The number of aromatic nitrogens is 2. The molecule has 2 aromatic heterocycles. The highest BCUT2D eigenvalue weighted by molar-refractivity contribution is 7.17. The molecular formula is C15H14N2OS. The van der Waals surface area contributed by atoms with Crippen LogP contribution in [0.15, 0.2) is 29.9 Å². The average molecular weight is 270 g/mol. The molecule has 0 atom stereocenters. The van der Waals surface area contributed by atoms with E-state index < -0.39 is 0 Å². The molecule has 0 fully saturated rings. The first kappa shape index (κ1) is 12.1. The van der Waals surface area contributed by atoms with E-state index in [2.05, 4.69) is 35.3 Å². The van der Waals surface area contributed by atoms with E-state index >= 15 is 0 Å². The zero-order valence-electron chi connectivity index (χ0n) is 11.1. The molecule has 3 rings (SSSR count). The lowest BCUT2D eigenvalue weighted by Gasteiger charge is -2.09. The normalized spacial score (nSPS) is 10.9. The van der Waals surface area contributed by atoms with Gasteiger partial charge < -0.3 is 4.74 Å². The molecule has 3 nitrogen and oxygen atoms in total. The number of benzene rings is 1. The SMILES string of the molecule is COc1ccc(C)cc1-c1ncnc2c(C)csc12. The summed E-state index contributed by atoms with van der Waals surface area (Å²) in [4.78, 5) is 8.82. The molecule has 1 aromatic carbocycles. The number of rotatable bonds is 2. The zero-order chi connectivity index (χ0) is 13.4. The molecule has 0 unspecified atom stereocenters. The van der Waals surface area contributed by atoms with Crippen LogP contribution in [0.1, 0.15) is 11.1 Å². The van der Waals surface area contributed by atoms with Crippen molar-refractivity contribution in [2.24, 2.45) is 0 Å². The minimum atomic E-state index is 0.844. The number of hydrogen-bond acceptors (Lipinski definition) is 4. The second-order valence-corrected chi connectivity index (χ2v) is 5.40. The lowest BCUT2D eigenvalue weighted by atomic mass is 10.1. The number of fused-ring (bicyclic) bond motifs is 1. The van der Waals surface area contributed by atoms with Crippen LogP contribution in [-0.4, -0.2) is 17.1 Å². The van der Waals surface area contributed by atoms with E-state index in [1.165, 1.54) is 11.1 Å². The van der Waals surface area contributed by atoms with Crippen molar-refractivity contribution in [3.63, 3.8) is 0 Å². The summed E-state index contributed by atoms with van der Waals surface area (Å²) in [7, 11) is 1.69. The van der Waals surface area contributed by atoms with E-state index in [1.807, 2.05) is 12.1 Å². The molecule has 0 amide bonds. The summed E-state index contributed by atoms with van der Waals surface area (Å²) in [6.07, 6.45) is 1.62. The van der Waals surface area contributed by atoms with Gasteiger partial charge >= 0.3 is 0 Å². The molecule has 2 heterocycles. The van der Waals surface area contributed by atoms with Crippen LogP contribution in [0, 0.1) is 13.8 Å². The summed E-state index contributed by atoms with van der Waals surface area (Å²) in [6.45, 7) is 4.14. The lowest BCUT2D eigenvalue weighted by molar-refractivity contribution is 0.416. The summed E-state index contributed by atoms with van der Waals surface area (Å²) < 4.78 is 6.57. The predicted octanol–water partition coefficient (Wildman–Crippen LogP) is 3.98. The molecule has 96 valence electrons. The van der Waals surface area contributed by atoms with Crippen LogP contribution >= 0.6 is 11.3 Å². The van der Waals surface area contributed by atoms with E-state index in [4.69, 9.17) is 4.74 Å². The number of methoxy groups -OCH3 is 1. The maximum Gasteiger partial charge on any atom is 0.128 e. The highest BCUT2D eigenvalue weighted by Gasteiger charge is 2.14. The van der Waals surface area contributed by atoms with Gasteiger partial charge in [0.1, 0.15) is 12.1 Å².